The van der Waals surface area contributed by atoms with Gasteiger partial charge < -0.3 is 20.3 Å². The van der Waals surface area contributed by atoms with Crippen molar-refractivity contribution >= 4 is 6.03 Å². The summed E-state index contributed by atoms with van der Waals surface area (Å²) in [6, 6.07) is 6.21. The van der Waals surface area contributed by atoms with E-state index in [1.54, 1.807) is 7.11 Å². The summed E-state index contributed by atoms with van der Waals surface area (Å²) < 4.78 is 5.75. The largest absolute Gasteiger partial charge is 0.495 e. The van der Waals surface area contributed by atoms with Gasteiger partial charge in [-0.2, -0.15) is 0 Å². The molecular weight excluding hydrogens is 350 g/mol. The second-order valence-electron chi connectivity index (χ2n) is 8.91. The zero-order valence-corrected chi connectivity index (χ0v) is 17.2. The topological polar surface area (TPSA) is 58.8 Å². The number of carbonyl (C=O) groups is 1. The number of para-hydroxylation sites is 1. The molecular formula is C23H31N3O2. The smallest absolute Gasteiger partial charge is 0.320 e. The van der Waals surface area contributed by atoms with Gasteiger partial charge in [-0.25, -0.2) is 4.79 Å². The molecule has 1 aliphatic carbocycles. The van der Waals surface area contributed by atoms with Gasteiger partial charge in [0.2, 0.25) is 0 Å². The number of ether oxygens (including phenoxy) is 1. The highest BCUT2D eigenvalue weighted by Gasteiger charge is 2.42. The minimum absolute atomic E-state index is 0.0128. The van der Waals surface area contributed by atoms with Crippen LogP contribution >= 0.6 is 0 Å². The van der Waals surface area contributed by atoms with Gasteiger partial charge in [-0.05, 0) is 50.2 Å². The Bertz CT molecular complexity index is 817. The maximum absolute atomic E-state index is 12.9. The summed E-state index contributed by atoms with van der Waals surface area (Å²) in [4.78, 5) is 16.8. The van der Waals surface area contributed by atoms with Crippen LogP contribution in [0.2, 0.25) is 0 Å². The maximum Gasteiger partial charge on any atom is 0.320 e. The monoisotopic (exact) mass is 381 g/mol. The van der Waals surface area contributed by atoms with Gasteiger partial charge in [0, 0.05) is 31.1 Å². The SMILES string of the molecule is COc1c(C#CC2(C)CC2)cccc1CC1C(N)C(C)CN1C(=O)N1CCC1. The highest BCUT2D eigenvalue weighted by molar-refractivity contribution is 5.76. The van der Waals surface area contributed by atoms with E-state index in [9.17, 15) is 4.79 Å². The molecule has 3 aliphatic rings. The van der Waals surface area contributed by atoms with E-state index in [1.165, 1.54) is 12.8 Å². The number of benzene rings is 1. The number of methoxy groups -OCH3 is 1. The Morgan fingerprint density at radius 1 is 1.36 bits per heavy atom. The van der Waals surface area contributed by atoms with E-state index in [1.807, 2.05) is 21.9 Å². The Labute approximate surface area is 168 Å². The first kappa shape index (κ1) is 19.1. The van der Waals surface area contributed by atoms with E-state index in [-0.39, 0.29) is 23.5 Å². The lowest BCUT2D eigenvalue weighted by Crippen LogP contribution is -2.53. The molecule has 5 nitrogen and oxygen atoms in total. The van der Waals surface area contributed by atoms with Gasteiger partial charge in [0.05, 0.1) is 18.7 Å². The fourth-order valence-corrected chi connectivity index (χ4v) is 4.15. The van der Waals surface area contributed by atoms with Gasteiger partial charge in [-0.3, -0.25) is 0 Å². The quantitative estimate of drug-likeness (QED) is 0.819. The number of nitrogens with zero attached hydrogens (tertiary/aromatic N) is 2. The van der Waals surface area contributed by atoms with Crippen LogP contribution in [0.5, 0.6) is 5.75 Å². The molecule has 0 radical (unpaired) electrons. The molecule has 1 aromatic carbocycles. The Morgan fingerprint density at radius 2 is 2.11 bits per heavy atom. The van der Waals surface area contributed by atoms with Crippen molar-refractivity contribution < 1.29 is 9.53 Å². The van der Waals surface area contributed by atoms with Crippen molar-refractivity contribution in [1.29, 1.82) is 0 Å². The Hall–Kier alpha value is -2.19. The number of hydrogen-bond acceptors (Lipinski definition) is 3. The number of carbonyl (C=O) groups excluding carboxylic acids is 1. The highest BCUT2D eigenvalue weighted by Crippen LogP contribution is 2.44. The third-order valence-electron chi connectivity index (χ3n) is 6.59. The van der Waals surface area contributed by atoms with Gasteiger partial charge in [0.25, 0.3) is 0 Å². The normalized spacial score (nSPS) is 27.6. The summed E-state index contributed by atoms with van der Waals surface area (Å²) in [5.74, 6) is 7.83. The van der Waals surface area contributed by atoms with Gasteiger partial charge in [0.1, 0.15) is 5.75 Å². The van der Waals surface area contributed by atoms with Crippen molar-refractivity contribution in [3.63, 3.8) is 0 Å². The summed E-state index contributed by atoms with van der Waals surface area (Å²) in [6.07, 6.45) is 4.13. The highest BCUT2D eigenvalue weighted by atomic mass is 16.5. The molecule has 3 atom stereocenters. The fraction of sp³-hybridized carbons (Fsp3) is 0.609. The van der Waals surface area contributed by atoms with Gasteiger partial charge in [0.15, 0.2) is 0 Å². The predicted molar refractivity (Wildman–Crippen MR) is 110 cm³/mol. The molecule has 0 bridgehead atoms. The number of amides is 2. The molecule has 28 heavy (non-hydrogen) atoms. The van der Waals surface area contributed by atoms with Crippen LogP contribution in [0, 0.1) is 23.2 Å². The summed E-state index contributed by atoms with van der Waals surface area (Å²) >= 11 is 0. The summed E-state index contributed by atoms with van der Waals surface area (Å²) in [5, 5.41) is 0. The Balaban J connectivity index is 1.59. The van der Waals surface area contributed by atoms with Crippen molar-refractivity contribution in [3.05, 3.63) is 29.3 Å². The fourth-order valence-electron chi connectivity index (χ4n) is 4.15. The van der Waals surface area contributed by atoms with Crippen molar-refractivity contribution in [2.75, 3.05) is 26.7 Å². The van der Waals surface area contributed by atoms with Crippen molar-refractivity contribution in [3.8, 4) is 17.6 Å². The molecule has 2 amide bonds. The number of hydrogen-bond donors (Lipinski definition) is 1. The molecule has 150 valence electrons. The van der Waals surface area contributed by atoms with E-state index in [0.29, 0.717) is 12.3 Å². The lowest BCUT2D eigenvalue weighted by Gasteiger charge is -2.37. The van der Waals surface area contributed by atoms with Crippen molar-refractivity contribution in [2.45, 2.75) is 51.6 Å². The van der Waals surface area contributed by atoms with Gasteiger partial charge in [-0.15, -0.1) is 0 Å². The molecule has 2 aliphatic heterocycles. The molecule has 5 heteroatoms. The lowest BCUT2D eigenvalue weighted by molar-refractivity contribution is 0.120. The van der Waals surface area contributed by atoms with E-state index in [2.05, 4.69) is 31.8 Å². The molecule has 2 saturated heterocycles. The van der Waals surface area contributed by atoms with Crippen LogP contribution in [-0.2, 0) is 6.42 Å². The molecule has 0 spiro atoms. The molecule has 3 fully saturated rings. The van der Waals surface area contributed by atoms with E-state index in [0.717, 1.165) is 42.9 Å². The minimum Gasteiger partial charge on any atom is -0.495 e. The first-order valence-corrected chi connectivity index (χ1v) is 10.4. The van der Waals surface area contributed by atoms with Crippen molar-refractivity contribution in [2.24, 2.45) is 17.1 Å². The van der Waals surface area contributed by atoms with Gasteiger partial charge >= 0.3 is 6.03 Å². The number of nitrogens with two attached hydrogens (primary N) is 1. The lowest BCUT2D eigenvalue weighted by atomic mass is 9.94. The molecule has 1 aromatic rings. The van der Waals surface area contributed by atoms with Gasteiger partial charge in [-0.1, -0.05) is 30.9 Å². The van der Waals surface area contributed by atoms with Crippen LogP contribution in [0.1, 0.15) is 44.2 Å². The standard InChI is InChI=1S/C23H31N3O2/c1-16-15-26(22(27)25-12-5-13-25)19(20(16)24)14-18-7-4-6-17(21(18)28-3)8-9-23(2)10-11-23/h4,6-7,16,19-20H,5,10-15,24H2,1-3H3. The molecule has 4 rings (SSSR count). The maximum atomic E-state index is 12.9. The van der Waals surface area contributed by atoms with Crippen LogP contribution in [0.4, 0.5) is 4.79 Å². The third-order valence-corrected chi connectivity index (χ3v) is 6.59. The summed E-state index contributed by atoms with van der Waals surface area (Å²) in [6.45, 7) is 6.78. The first-order valence-electron chi connectivity index (χ1n) is 10.4. The summed E-state index contributed by atoms with van der Waals surface area (Å²) in [7, 11) is 1.70. The zero-order chi connectivity index (χ0) is 19.9. The van der Waals surface area contributed by atoms with Crippen LogP contribution in [0.25, 0.3) is 0 Å². The third kappa shape index (κ3) is 3.58. The van der Waals surface area contributed by atoms with E-state index < -0.39 is 0 Å². The average Bonchev–Trinajstić information content (AvgIpc) is 3.31. The second-order valence-corrected chi connectivity index (χ2v) is 8.91. The van der Waals surface area contributed by atoms with E-state index in [4.69, 9.17) is 10.5 Å². The second kappa shape index (κ2) is 7.33. The van der Waals surface area contributed by atoms with Crippen LogP contribution < -0.4 is 10.5 Å². The Morgan fingerprint density at radius 3 is 2.71 bits per heavy atom. The van der Waals surface area contributed by atoms with E-state index >= 15 is 0 Å². The Kier molecular flexibility index (Phi) is 5.01. The number of rotatable bonds is 3. The molecule has 2 heterocycles. The summed E-state index contributed by atoms with van der Waals surface area (Å²) in [5.41, 5.74) is 8.70. The molecule has 2 N–H and O–H groups in total. The van der Waals surface area contributed by atoms with Crippen molar-refractivity contribution in [1.82, 2.24) is 9.80 Å². The average molecular weight is 382 g/mol. The predicted octanol–water partition coefficient (Wildman–Crippen LogP) is 2.86. The number of likely N-dealkylation sites (tertiary alicyclic amines) is 2. The molecule has 1 saturated carbocycles. The molecule has 0 aromatic heterocycles. The van der Waals surface area contributed by atoms with Crippen LogP contribution in [0.3, 0.4) is 0 Å². The molecule has 3 unspecified atom stereocenters. The minimum atomic E-state index is -0.0324. The number of urea groups is 1. The zero-order valence-electron chi connectivity index (χ0n) is 17.2. The van der Waals surface area contributed by atoms with Crippen LogP contribution in [0.15, 0.2) is 18.2 Å². The van der Waals surface area contributed by atoms with Crippen LogP contribution in [-0.4, -0.2) is 54.7 Å². The first-order chi connectivity index (χ1) is 13.4.